The second-order valence-electron chi connectivity index (χ2n) is 6.52. The van der Waals surface area contributed by atoms with Gasteiger partial charge in [0.2, 0.25) is 0 Å². The summed E-state index contributed by atoms with van der Waals surface area (Å²) in [6.45, 7) is 1.00. The Kier molecular flexibility index (Phi) is 13.8. The maximum absolute atomic E-state index is 10.6. The summed E-state index contributed by atoms with van der Waals surface area (Å²) in [6.07, 6.45) is -6.36. The Morgan fingerprint density at radius 1 is 0.964 bits per heavy atom. The van der Waals surface area contributed by atoms with Crippen LogP contribution < -0.4 is 11.1 Å². The summed E-state index contributed by atoms with van der Waals surface area (Å²) in [5, 5.41) is 42.8. The Morgan fingerprint density at radius 2 is 1.50 bits per heavy atom. The van der Waals surface area contributed by atoms with Crippen molar-refractivity contribution in [2.75, 3.05) is 27.4 Å². The van der Waals surface area contributed by atoms with Gasteiger partial charge < -0.3 is 50.4 Å². The summed E-state index contributed by atoms with van der Waals surface area (Å²) >= 11 is 0. The van der Waals surface area contributed by atoms with Crippen molar-refractivity contribution >= 4 is 0 Å². The molecule has 10 nitrogen and oxygen atoms in total. The molecule has 0 aromatic carbocycles. The highest BCUT2D eigenvalue weighted by Gasteiger charge is 2.49. The van der Waals surface area contributed by atoms with Crippen LogP contribution in [0.2, 0.25) is 0 Å². The van der Waals surface area contributed by atoms with Gasteiger partial charge in [0.15, 0.2) is 12.6 Å². The van der Waals surface area contributed by atoms with Gasteiger partial charge in [0.25, 0.3) is 0 Å². The molecule has 2 rings (SSSR count). The molecule has 28 heavy (non-hydrogen) atoms. The zero-order chi connectivity index (χ0) is 18.7. The van der Waals surface area contributed by atoms with Crippen molar-refractivity contribution in [1.82, 2.24) is 5.32 Å². The molecule has 0 saturated carbocycles. The van der Waals surface area contributed by atoms with Crippen molar-refractivity contribution in [1.29, 1.82) is 0 Å². The SMILES string of the molecule is C.C.C.CN[C@@H]1C(O)[C@H](O[C@@H]2OC(CO)[C@H](C)[C@H](O)C2N)C(CO)O[C@@H]1OC. The van der Waals surface area contributed by atoms with Gasteiger partial charge in [0, 0.05) is 13.0 Å². The molecule has 0 amide bonds. The van der Waals surface area contributed by atoms with E-state index in [0.717, 1.165) is 0 Å². The lowest BCUT2D eigenvalue weighted by Crippen LogP contribution is -2.67. The van der Waals surface area contributed by atoms with Crippen LogP contribution in [0.1, 0.15) is 29.2 Å². The Morgan fingerprint density at radius 3 is 1.96 bits per heavy atom. The van der Waals surface area contributed by atoms with E-state index in [9.17, 15) is 20.4 Å². The van der Waals surface area contributed by atoms with Crippen LogP contribution in [0.5, 0.6) is 0 Å². The number of aliphatic hydroxyl groups excluding tert-OH is 4. The number of hydrogen-bond donors (Lipinski definition) is 6. The largest absolute Gasteiger partial charge is 0.394 e. The van der Waals surface area contributed by atoms with E-state index in [1.807, 2.05) is 0 Å². The first-order chi connectivity index (χ1) is 11.9. The third kappa shape index (κ3) is 5.82. The van der Waals surface area contributed by atoms with Crippen LogP contribution in [0.15, 0.2) is 0 Å². The molecule has 0 spiro atoms. The molecule has 10 atom stereocenters. The average Bonchev–Trinajstić information content (AvgIpc) is 2.62. The minimum atomic E-state index is -1.08. The van der Waals surface area contributed by atoms with E-state index in [4.69, 9.17) is 24.7 Å². The average molecular weight is 415 g/mol. The van der Waals surface area contributed by atoms with E-state index in [1.54, 1.807) is 14.0 Å². The van der Waals surface area contributed by atoms with Crippen molar-refractivity contribution in [3.63, 3.8) is 0 Å². The molecule has 7 N–H and O–H groups in total. The first kappa shape index (κ1) is 29.8. The molecule has 0 radical (unpaired) electrons. The molecule has 0 aromatic heterocycles. The molecule has 0 aromatic rings. The minimum Gasteiger partial charge on any atom is -0.394 e. The third-order valence-electron chi connectivity index (χ3n) is 5.03. The number of rotatable bonds is 6. The lowest BCUT2D eigenvalue weighted by molar-refractivity contribution is -0.323. The van der Waals surface area contributed by atoms with E-state index < -0.39 is 61.8 Å². The smallest absolute Gasteiger partial charge is 0.176 e. The first-order valence-electron chi connectivity index (χ1n) is 8.39. The lowest BCUT2D eigenvalue weighted by atomic mass is 9.89. The molecule has 2 fully saturated rings. The van der Waals surface area contributed by atoms with Gasteiger partial charge in [-0.15, -0.1) is 0 Å². The Bertz CT molecular complexity index is 417. The van der Waals surface area contributed by atoms with Crippen molar-refractivity contribution in [2.24, 2.45) is 11.7 Å². The molecular formula is C18H42N2O8. The fourth-order valence-electron chi connectivity index (χ4n) is 3.35. The normalized spacial score (nSPS) is 43.3. The zero-order valence-electron chi connectivity index (χ0n) is 14.7. The van der Waals surface area contributed by atoms with Crippen molar-refractivity contribution in [2.45, 2.75) is 84.4 Å². The standard InChI is InChI=1S/C15H30N2O8.3CH4/c1-6-7(4-18)23-14(9(16)11(6)20)25-13-8(5-19)24-15(22-3)10(17-2)12(13)21;;;/h6-15,17-21H,4-5,16H2,1-3H3;3*1H4/t6-,7?,8?,9?,10+,11-,12?,13+,14-,15-;;;/m0.../s1. The first-order valence-corrected chi connectivity index (χ1v) is 8.39. The molecule has 172 valence electrons. The second-order valence-corrected chi connectivity index (χ2v) is 6.52. The van der Waals surface area contributed by atoms with Gasteiger partial charge >= 0.3 is 0 Å². The van der Waals surface area contributed by atoms with Crippen molar-refractivity contribution < 1.29 is 39.4 Å². The Hall–Kier alpha value is -0.400. The number of hydrogen-bond acceptors (Lipinski definition) is 10. The summed E-state index contributed by atoms with van der Waals surface area (Å²) in [5.41, 5.74) is 5.99. The maximum atomic E-state index is 10.6. The minimum absolute atomic E-state index is 0. The van der Waals surface area contributed by atoms with Crippen molar-refractivity contribution in [3.05, 3.63) is 0 Å². The van der Waals surface area contributed by atoms with Crippen LogP contribution in [-0.4, -0.2) is 103 Å². The summed E-state index contributed by atoms with van der Waals surface area (Å²) in [6, 6.07) is -1.48. The van der Waals surface area contributed by atoms with E-state index >= 15 is 0 Å². The molecular weight excluding hydrogens is 372 g/mol. The number of ether oxygens (including phenoxy) is 4. The predicted octanol–water partition coefficient (Wildman–Crippen LogP) is -1.37. The van der Waals surface area contributed by atoms with Crippen LogP contribution in [0, 0.1) is 5.92 Å². The molecule has 2 aliphatic heterocycles. The molecule has 2 heterocycles. The lowest BCUT2D eigenvalue weighted by Gasteiger charge is -2.47. The number of likely N-dealkylation sites (N-methyl/N-ethyl adjacent to an activating group) is 1. The number of aliphatic hydroxyl groups is 4. The highest BCUT2D eigenvalue weighted by atomic mass is 16.7. The van der Waals surface area contributed by atoms with Gasteiger partial charge in [-0.3, -0.25) is 0 Å². The molecule has 2 aliphatic rings. The van der Waals surface area contributed by atoms with E-state index in [1.165, 1.54) is 7.11 Å². The van der Waals surface area contributed by atoms with Crippen LogP contribution in [0.3, 0.4) is 0 Å². The molecule has 0 aliphatic carbocycles. The van der Waals surface area contributed by atoms with Gasteiger partial charge in [0.05, 0.1) is 37.5 Å². The fourth-order valence-corrected chi connectivity index (χ4v) is 3.35. The molecule has 0 bridgehead atoms. The van der Waals surface area contributed by atoms with E-state index in [2.05, 4.69) is 5.32 Å². The third-order valence-corrected chi connectivity index (χ3v) is 5.03. The van der Waals surface area contributed by atoms with Gasteiger partial charge in [-0.25, -0.2) is 0 Å². The quantitative estimate of drug-likeness (QED) is 0.307. The molecule has 2 saturated heterocycles. The number of methoxy groups -OCH3 is 1. The molecule has 4 unspecified atom stereocenters. The summed E-state index contributed by atoms with van der Waals surface area (Å²) in [7, 11) is 3.07. The number of nitrogens with one attached hydrogen (secondary N) is 1. The van der Waals surface area contributed by atoms with Gasteiger partial charge in [-0.1, -0.05) is 29.2 Å². The monoisotopic (exact) mass is 414 g/mol. The predicted molar refractivity (Wildman–Crippen MR) is 106 cm³/mol. The van der Waals surface area contributed by atoms with Crippen LogP contribution in [0.4, 0.5) is 0 Å². The topological polar surface area (TPSA) is 156 Å². The fraction of sp³-hybridized carbons (Fsp3) is 1.00. The van der Waals surface area contributed by atoms with Crippen LogP contribution >= 0.6 is 0 Å². The highest BCUT2D eigenvalue weighted by Crippen LogP contribution is 2.30. The summed E-state index contributed by atoms with van der Waals surface area (Å²) in [4.78, 5) is 0. The summed E-state index contributed by atoms with van der Waals surface area (Å²) in [5.74, 6) is -0.371. The van der Waals surface area contributed by atoms with Crippen LogP contribution in [-0.2, 0) is 18.9 Å². The Balaban J connectivity index is 0. The molecule has 10 heteroatoms. The maximum Gasteiger partial charge on any atom is 0.176 e. The van der Waals surface area contributed by atoms with E-state index in [0.29, 0.717) is 0 Å². The highest BCUT2D eigenvalue weighted by molar-refractivity contribution is 4.96. The van der Waals surface area contributed by atoms with Gasteiger partial charge in [-0.2, -0.15) is 0 Å². The second kappa shape index (κ2) is 13.0. The zero-order valence-corrected chi connectivity index (χ0v) is 14.7. The Labute approximate surface area is 168 Å². The summed E-state index contributed by atoms with van der Waals surface area (Å²) < 4.78 is 22.2. The van der Waals surface area contributed by atoms with Gasteiger partial charge in [0.1, 0.15) is 18.3 Å². The van der Waals surface area contributed by atoms with Crippen LogP contribution in [0.25, 0.3) is 0 Å². The van der Waals surface area contributed by atoms with Gasteiger partial charge in [-0.05, 0) is 7.05 Å². The number of nitrogens with two attached hydrogens (primary N) is 1. The van der Waals surface area contributed by atoms with E-state index in [-0.39, 0.29) is 34.8 Å². The van der Waals surface area contributed by atoms with Crippen molar-refractivity contribution in [3.8, 4) is 0 Å².